The van der Waals surface area contributed by atoms with Gasteiger partial charge < -0.3 is 77.2 Å². The fourth-order valence-corrected chi connectivity index (χ4v) is 14.9. The van der Waals surface area contributed by atoms with E-state index in [4.69, 9.17) is 67.3 Å². The van der Waals surface area contributed by atoms with Crippen LogP contribution in [0.4, 0.5) is 14.5 Å². The third-order valence-corrected chi connectivity index (χ3v) is 21.3. The number of nitrogens with two attached hydrogens (primary N) is 1. The van der Waals surface area contributed by atoms with Gasteiger partial charge in [-0.3, -0.25) is 13.8 Å². The molecule has 0 aliphatic carbocycles. The van der Waals surface area contributed by atoms with Crippen LogP contribution in [0.25, 0.3) is 16.7 Å². The Kier molecular flexibility index (Phi) is 33.0. The van der Waals surface area contributed by atoms with Crippen LogP contribution in [0.3, 0.4) is 0 Å². The maximum absolute atomic E-state index is 13.9. The van der Waals surface area contributed by atoms with E-state index in [1.54, 1.807) is 43.4 Å². The molecule has 7 aromatic rings. The van der Waals surface area contributed by atoms with Gasteiger partial charge in [0.15, 0.2) is 0 Å². The minimum atomic E-state index is -0.699. The molecule has 6 atom stereocenters. The fourth-order valence-electron chi connectivity index (χ4n) is 13.3. The van der Waals surface area contributed by atoms with Gasteiger partial charge in [-0.25, -0.2) is 29.9 Å². The Morgan fingerprint density at radius 3 is 1.36 bits per heavy atom. The number of aldehydes is 1. The van der Waals surface area contributed by atoms with Crippen molar-refractivity contribution in [3.05, 3.63) is 153 Å². The van der Waals surface area contributed by atoms with E-state index in [9.17, 15) is 18.7 Å². The normalized spacial score (nSPS) is 23.0. The van der Waals surface area contributed by atoms with Crippen LogP contribution in [-0.2, 0) is 65.2 Å². The lowest BCUT2D eigenvalue weighted by molar-refractivity contribution is -0.112. The number of aliphatic hydroxyl groups is 1. The molecule has 0 aromatic carbocycles. The number of alkyl halides is 2. The third kappa shape index (κ3) is 21.4. The number of fused-ring (bicyclic) bond motifs is 1. The molecular weight excluding hydrogens is 1730 g/mol. The second-order valence-corrected chi connectivity index (χ2v) is 30.8. The monoisotopic (exact) mass is 1820 g/mol. The number of aryl methyl sites for hydroxylation is 1. The summed E-state index contributed by atoms with van der Waals surface area (Å²) in [5.41, 5.74) is 13.2. The molecule has 0 bridgehead atoms. The highest BCUT2D eigenvalue weighted by Crippen LogP contribution is 2.54. The first-order chi connectivity index (χ1) is 52.3. The summed E-state index contributed by atoms with van der Waals surface area (Å²) in [6, 6.07) is 13.6. The van der Waals surface area contributed by atoms with Crippen molar-refractivity contribution < 1.29 is 80.3 Å². The second-order valence-electron chi connectivity index (χ2n) is 26.2. The number of ether oxygens (including phenoxy) is 13. The van der Waals surface area contributed by atoms with Crippen LogP contribution in [0.1, 0.15) is 119 Å². The first kappa shape index (κ1) is 86.0. The summed E-state index contributed by atoms with van der Waals surface area (Å²) < 4.78 is 103. The molecule has 0 amide bonds. The summed E-state index contributed by atoms with van der Waals surface area (Å²) in [4.78, 5) is 41.5. The Balaban J connectivity index is 0.000000150. The van der Waals surface area contributed by atoms with E-state index in [1.165, 1.54) is 5.57 Å². The van der Waals surface area contributed by atoms with Crippen molar-refractivity contribution in [2.45, 2.75) is 120 Å². The first-order valence-corrected chi connectivity index (χ1v) is 40.1. The van der Waals surface area contributed by atoms with Gasteiger partial charge in [-0.1, -0.05) is 6.08 Å². The lowest BCUT2D eigenvalue weighted by atomic mass is 9.80. The zero-order valence-electron chi connectivity index (χ0n) is 61.9. The van der Waals surface area contributed by atoms with Gasteiger partial charge in [-0.05, 0) is 208 Å². The molecule has 30 heteroatoms. The van der Waals surface area contributed by atoms with E-state index >= 15 is 0 Å². The Morgan fingerprint density at radius 2 is 0.907 bits per heavy atom. The SMILES string of the molecule is CCOc1ncc(-c2cc(N)cnc2C)cc1C1(CF)CCOC1.CCOc1ncc(Br)cc1C1(C=O)CCOC1.CCOc1ncc(Br)cc1C1(CF)CCOC1.CCOc1ncc(Br)cc1C1(CO)CCOC1.CCOc1ncc(Br)cc1C12CCOCC1O2.CCOc1ncc(Br)cc1C1=CCOCC1. The summed E-state index contributed by atoms with van der Waals surface area (Å²) in [6.45, 7) is 22.7. The molecule has 586 valence electrons. The van der Waals surface area contributed by atoms with E-state index in [1.807, 2.05) is 84.9 Å². The Bertz CT molecular complexity index is 4020. The van der Waals surface area contributed by atoms with Crippen molar-refractivity contribution in [1.29, 1.82) is 0 Å². The highest BCUT2D eigenvalue weighted by atomic mass is 79.9. The molecule has 14 heterocycles. The molecule has 6 saturated heterocycles. The van der Waals surface area contributed by atoms with Gasteiger partial charge in [0.25, 0.3) is 0 Å². The van der Waals surface area contributed by atoms with Gasteiger partial charge >= 0.3 is 0 Å². The number of aromatic nitrogens is 7. The predicted octanol–water partition coefficient (Wildman–Crippen LogP) is 15.2. The van der Waals surface area contributed by atoms with Gasteiger partial charge in [0.2, 0.25) is 35.3 Å². The van der Waals surface area contributed by atoms with Crippen LogP contribution in [-0.4, -0.2) is 191 Å². The lowest BCUT2D eigenvalue weighted by Crippen LogP contribution is -2.32. The maximum Gasteiger partial charge on any atom is 0.221 e. The zero-order valence-corrected chi connectivity index (χ0v) is 69.9. The van der Waals surface area contributed by atoms with Crippen molar-refractivity contribution in [3.8, 4) is 46.4 Å². The number of anilines is 1. The van der Waals surface area contributed by atoms with Gasteiger partial charge in [0, 0.05) is 155 Å². The molecule has 0 radical (unpaired) electrons. The number of hydrogen-bond acceptors (Lipinski definition) is 23. The smallest absolute Gasteiger partial charge is 0.221 e. The highest BCUT2D eigenvalue weighted by molar-refractivity contribution is 9.11. The average Bonchev–Trinajstić information content (AvgIpc) is 1.56. The largest absolute Gasteiger partial charge is 0.478 e. The van der Waals surface area contributed by atoms with Gasteiger partial charge in [-0.2, -0.15) is 0 Å². The molecule has 7 aromatic heterocycles. The standard InChI is InChI=1S/C18H22FN3O2.C12H15BrFNO2.C12H14BrNO3.C12H16BrNO3.C12H14BrNO3.C12H14BrNO2/c1-3-24-17-16(18(10-19)4-5-23-11-18)6-13(8-22-17)15-7-14(20)9-21-12(15)2;1-2-17-11-10(5-9(13)6-15-11)12(7-14)3-4-16-8-12;1-2-16-11-9(5-8(13)6-14-11)12-3-4-15-7-10(12)17-12;2*1-2-17-11-10(5-9(13)6-14-11)12(7-15)3-4-16-8-12;1-2-16-12-11(7-10(13)8-14-12)9-3-5-15-6-4-9/h6-9H,3-5,10-11,20H2,1-2H3;5-6H,2-4,7-8H2,1H3;5-6,10H,2-4,7H2,1H3;5-6,15H,2-4,7-8H2,1H3;5-7H,2-4,8H2,1H3;3,7-8H,2,4-6H2,1H3. The number of hydrogen-bond donors (Lipinski definition) is 2. The molecule has 108 heavy (non-hydrogen) atoms. The molecule has 7 aliphatic heterocycles. The van der Waals surface area contributed by atoms with Crippen LogP contribution >= 0.6 is 79.6 Å². The second kappa shape index (κ2) is 41.5. The van der Waals surface area contributed by atoms with E-state index in [-0.39, 0.29) is 23.7 Å². The first-order valence-electron chi connectivity index (χ1n) is 36.1. The maximum atomic E-state index is 13.9. The van der Waals surface area contributed by atoms with Crippen molar-refractivity contribution >= 4 is 97.2 Å². The van der Waals surface area contributed by atoms with Crippen LogP contribution in [0, 0.1) is 6.92 Å². The quantitative estimate of drug-likeness (QED) is 0.0445. The van der Waals surface area contributed by atoms with Crippen LogP contribution in [0.5, 0.6) is 35.3 Å². The number of carbonyl (C=O) groups excluding carboxylic acids is 1. The Hall–Kier alpha value is -6.00. The minimum Gasteiger partial charge on any atom is -0.478 e. The van der Waals surface area contributed by atoms with Crippen molar-refractivity contribution in [3.63, 3.8) is 0 Å². The lowest BCUT2D eigenvalue weighted by Gasteiger charge is -2.26. The summed E-state index contributed by atoms with van der Waals surface area (Å²) >= 11 is 17.0. The molecule has 23 nitrogen and oxygen atoms in total. The molecule has 14 rings (SSSR count). The number of rotatable bonds is 23. The molecule has 3 N–H and O–H groups in total. The van der Waals surface area contributed by atoms with E-state index in [2.05, 4.69) is 127 Å². The zero-order chi connectivity index (χ0) is 77.3. The average molecular weight is 1820 g/mol. The predicted molar refractivity (Wildman–Crippen MR) is 422 cm³/mol. The topological polar surface area (TPSA) is 277 Å². The van der Waals surface area contributed by atoms with Crippen molar-refractivity contribution in [1.82, 2.24) is 34.9 Å². The molecule has 0 spiro atoms. The van der Waals surface area contributed by atoms with Gasteiger partial charge in [0.1, 0.15) is 31.3 Å². The number of epoxide rings is 1. The minimum absolute atomic E-state index is 0.0468. The molecule has 6 fully saturated rings. The van der Waals surface area contributed by atoms with Crippen LogP contribution < -0.4 is 34.2 Å². The fraction of sp³-hybridized carbons (Fsp3) is 0.513. The molecule has 0 saturated carbocycles. The molecule has 6 unspecified atom stereocenters. The van der Waals surface area contributed by atoms with Crippen LogP contribution in [0.15, 0.2) is 114 Å². The summed E-state index contributed by atoms with van der Waals surface area (Å²) in [7, 11) is 0. The number of nitrogens with zero attached hydrogens (tertiary/aromatic N) is 7. The summed E-state index contributed by atoms with van der Waals surface area (Å²) in [5, 5.41) is 9.67. The van der Waals surface area contributed by atoms with Crippen molar-refractivity contribution in [2.75, 3.05) is 145 Å². The van der Waals surface area contributed by atoms with Crippen molar-refractivity contribution in [2.24, 2.45) is 0 Å². The van der Waals surface area contributed by atoms with Gasteiger partial charge in [0.05, 0.1) is 121 Å². The highest BCUT2D eigenvalue weighted by Gasteiger charge is 2.61. The summed E-state index contributed by atoms with van der Waals surface area (Å²) in [6.07, 6.45) is 19.6. The Morgan fingerprint density at radius 1 is 0.481 bits per heavy atom. The molecular formula is C78H95Br5F2N8O15. The molecule has 7 aliphatic rings. The van der Waals surface area contributed by atoms with Crippen LogP contribution in [0.2, 0.25) is 0 Å². The number of aliphatic hydroxyl groups excluding tert-OH is 1. The van der Waals surface area contributed by atoms with E-state index in [0.29, 0.717) is 166 Å². The third-order valence-electron chi connectivity index (χ3n) is 19.2. The summed E-state index contributed by atoms with van der Waals surface area (Å²) in [5.74, 6) is 3.49. The van der Waals surface area contributed by atoms with Gasteiger partial charge in [-0.15, -0.1) is 0 Å². The number of pyridine rings is 7. The number of halogens is 7. The number of nitrogen functional groups attached to an aromatic ring is 1. The Labute approximate surface area is 672 Å². The number of carbonyl (C=O) groups is 1. The van der Waals surface area contributed by atoms with E-state index < -0.39 is 29.6 Å². The van der Waals surface area contributed by atoms with E-state index in [0.717, 1.165) is 111 Å².